The van der Waals surface area contributed by atoms with Gasteiger partial charge in [0.05, 0.1) is 10.7 Å². The Morgan fingerprint density at radius 1 is 1.05 bits per heavy atom. The molecule has 0 N–H and O–H groups in total. The van der Waals surface area contributed by atoms with Gasteiger partial charge in [0.25, 0.3) is 0 Å². The maximum absolute atomic E-state index is 4.35. The Balaban J connectivity index is 1.65. The Bertz CT molecular complexity index is 522. The fourth-order valence-electron chi connectivity index (χ4n) is 2.42. The van der Waals surface area contributed by atoms with E-state index in [1.54, 1.807) is 18.6 Å². The quantitative estimate of drug-likeness (QED) is 0.850. The van der Waals surface area contributed by atoms with Gasteiger partial charge in [-0.05, 0) is 46.3 Å². The third-order valence-corrected chi connectivity index (χ3v) is 3.87. The molecule has 0 saturated carbocycles. The van der Waals surface area contributed by atoms with Gasteiger partial charge in [-0.3, -0.25) is 0 Å². The first-order valence-corrected chi connectivity index (χ1v) is 7.11. The maximum Gasteiger partial charge on any atom is 0.225 e. The molecule has 1 saturated heterocycles. The van der Waals surface area contributed by atoms with E-state index in [1.165, 1.54) is 5.56 Å². The van der Waals surface area contributed by atoms with E-state index in [4.69, 9.17) is 0 Å². The molecule has 1 aliphatic rings. The normalized spacial score (nSPS) is 16.6. The van der Waals surface area contributed by atoms with E-state index in [0.717, 1.165) is 36.4 Å². The van der Waals surface area contributed by atoms with Crippen LogP contribution in [-0.2, 0) is 0 Å². The molecular formula is C13H14BrN5. The van der Waals surface area contributed by atoms with Crippen LogP contribution in [0.25, 0.3) is 0 Å². The van der Waals surface area contributed by atoms with Gasteiger partial charge in [-0.2, -0.15) is 10.2 Å². The summed E-state index contributed by atoms with van der Waals surface area (Å²) in [5, 5.41) is 7.78. The second-order valence-electron chi connectivity index (χ2n) is 4.64. The van der Waals surface area contributed by atoms with Crippen molar-refractivity contribution in [3.63, 3.8) is 0 Å². The fraction of sp³-hybridized carbons (Fsp3) is 0.385. The molecule has 0 unspecified atom stereocenters. The summed E-state index contributed by atoms with van der Waals surface area (Å²) in [7, 11) is 0. The molecule has 3 heterocycles. The number of hydrogen-bond donors (Lipinski definition) is 0. The molecule has 1 aliphatic heterocycles. The Morgan fingerprint density at radius 2 is 1.79 bits per heavy atom. The van der Waals surface area contributed by atoms with E-state index in [2.05, 4.69) is 47.1 Å². The van der Waals surface area contributed by atoms with Crippen LogP contribution in [0.2, 0.25) is 0 Å². The summed E-state index contributed by atoms with van der Waals surface area (Å²) < 4.78 is 0.911. The van der Waals surface area contributed by atoms with Crippen molar-refractivity contribution < 1.29 is 0 Å². The van der Waals surface area contributed by atoms with E-state index in [9.17, 15) is 0 Å². The molecule has 5 nitrogen and oxygen atoms in total. The van der Waals surface area contributed by atoms with Crippen molar-refractivity contribution >= 4 is 21.9 Å². The van der Waals surface area contributed by atoms with Crippen LogP contribution in [0, 0.1) is 0 Å². The molecule has 6 heteroatoms. The summed E-state index contributed by atoms with van der Waals surface area (Å²) in [6, 6.07) is 2.06. The molecule has 3 rings (SSSR count). The first-order chi connectivity index (χ1) is 9.33. The van der Waals surface area contributed by atoms with Gasteiger partial charge in [-0.15, -0.1) is 0 Å². The molecule has 98 valence electrons. The topological polar surface area (TPSA) is 54.8 Å². The Hall–Kier alpha value is -1.56. The van der Waals surface area contributed by atoms with Crippen molar-refractivity contribution in [3.05, 3.63) is 40.9 Å². The Morgan fingerprint density at radius 3 is 2.42 bits per heavy atom. The zero-order valence-electron chi connectivity index (χ0n) is 10.4. The summed E-state index contributed by atoms with van der Waals surface area (Å²) in [6.07, 6.45) is 9.43. The maximum atomic E-state index is 4.35. The van der Waals surface area contributed by atoms with Gasteiger partial charge in [0, 0.05) is 31.7 Å². The summed E-state index contributed by atoms with van der Waals surface area (Å²) >= 11 is 3.35. The van der Waals surface area contributed by atoms with E-state index in [-0.39, 0.29) is 0 Å². The molecule has 0 spiro atoms. The minimum atomic E-state index is 0.571. The monoisotopic (exact) mass is 319 g/mol. The molecule has 2 aromatic rings. The van der Waals surface area contributed by atoms with Crippen LogP contribution >= 0.6 is 15.9 Å². The number of nitrogens with zero attached hydrogens (tertiary/aromatic N) is 5. The first kappa shape index (κ1) is 12.5. The number of hydrogen-bond acceptors (Lipinski definition) is 5. The fourth-order valence-corrected chi connectivity index (χ4v) is 2.63. The SMILES string of the molecule is Brc1cnc(N2CCC(c3ccnnc3)CC2)nc1. The minimum absolute atomic E-state index is 0.571. The van der Waals surface area contributed by atoms with Gasteiger partial charge in [0.15, 0.2) is 0 Å². The van der Waals surface area contributed by atoms with Crippen LogP contribution in [0.1, 0.15) is 24.3 Å². The molecule has 0 radical (unpaired) electrons. The van der Waals surface area contributed by atoms with E-state index in [1.807, 2.05) is 6.20 Å². The first-order valence-electron chi connectivity index (χ1n) is 6.32. The highest BCUT2D eigenvalue weighted by atomic mass is 79.9. The van der Waals surface area contributed by atoms with Crippen molar-refractivity contribution in [3.8, 4) is 0 Å². The van der Waals surface area contributed by atoms with Crippen LogP contribution in [0.5, 0.6) is 0 Å². The lowest BCUT2D eigenvalue weighted by Gasteiger charge is -2.31. The van der Waals surface area contributed by atoms with Gasteiger partial charge in [-0.25, -0.2) is 9.97 Å². The molecule has 0 aliphatic carbocycles. The highest BCUT2D eigenvalue weighted by Crippen LogP contribution is 2.28. The Labute approximate surface area is 120 Å². The van der Waals surface area contributed by atoms with Crippen molar-refractivity contribution in [2.75, 3.05) is 18.0 Å². The highest BCUT2D eigenvalue weighted by Gasteiger charge is 2.22. The second-order valence-corrected chi connectivity index (χ2v) is 5.55. The average Bonchev–Trinajstić information content (AvgIpc) is 2.49. The second kappa shape index (κ2) is 5.61. The largest absolute Gasteiger partial charge is 0.341 e. The smallest absolute Gasteiger partial charge is 0.225 e. The number of aromatic nitrogens is 4. The van der Waals surface area contributed by atoms with Crippen LogP contribution in [0.15, 0.2) is 35.3 Å². The number of rotatable bonds is 2. The average molecular weight is 320 g/mol. The lowest BCUT2D eigenvalue weighted by Crippen LogP contribution is -2.34. The summed E-state index contributed by atoms with van der Waals surface area (Å²) in [5.74, 6) is 1.39. The van der Waals surface area contributed by atoms with Gasteiger partial charge in [-0.1, -0.05) is 0 Å². The summed E-state index contributed by atoms with van der Waals surface area (Å²) in [4.78, 5) is 10.9. The van der Waals surface area contributed by atoms with E-state index >= 15 is 0 Å². The highest BCUT2D eigenvalue weighted by molar-refractivity contribution is 9.10. The van der Waals surface area contributed by atoms with Crippen molar-refractivity contribution in [2.45, 2.75) is 18.8 Å². The molecule has 1 fully saturated rings. The van der Waals surface area contributed by atoms with Crippen molar-refractivity contribution in [1.29, 1.82) is 0 Å². The zero-order valence-corrected chi connectivity index (χ0v) is 12.0. The van der Waals surface area contributed by atoms with Crippen LogP contribution in [0.3, 0.4) is 0 Å². The van der Waals surface area contributed by atoms with Crippen LogP contribution in [-0.4, -0.2) is 33.3 Å². The minimum Gasteiger partial charge on any atom is -0.341 e. The third-order valence-electron chi connectivity index (χ3n) is 3.46. The molecule has 2 aromatic heterocycles. The lowest BCUT2D eigenvalue weighted by atomic mass is 9.91. The van der Waals surface area contributed by atoms with Crippen LogP contribution in [0.4, 0.5) is 5.95 Å². The number of halogens is 1. The molecule has 0 atom stereocenters. The number of anilines is 1. The van der Waals surface area contributed by atoms with Gasteiger partial charge in [0.2, 0.25) is 5.95 Å². The van der Waals surface area contributed by atoms with Gasteiger partial charge >= 0.3 is 0 Å². The predicted octanol–water partition coefficient (Wildman–Crippen LogP) is 2.41. The predicted molar refractivity (Wildman–Crippen MR) is 76.0 cm³/mol. The van der Waals surface area contributed by atoms with Gasteiger partial charge < -0.3 is 4.90 Å². The van der Waals surface area contributed by atoms with Crippen LogP contribution < -0.4 is 4.90 Å². The summed E-state index contributed by atoms with van der Waals surface area (Å²) in [5.41, 5.74) is 1.28. The van der Waals surface area contributed by atoms with Gasteiger partial charge in [0.1, 0.15) is 0 Å². The standard InChI is InChI=1S/C13H14BrN5/c14-12-8-15-13(16-9-12)19-5-2-10(3-6-19)11-1-4-17-18-7-11/h1,4,7-10H,2-3,5-6H2. The number of piperidine rings is 1. The molecular weight excluding hydrogens is 306 g/mol. The third kappa shape index (κ3) is 2.89. The lowest BCUT2D eigenvalue weighted by molar-refractivity contribution is 0.497. The molecule has 0 bridgehead atoms. The molecule has 0 aromatic carbocycles. The Kier molecular flexibility index (Phi) is 3.68. The summed E-state index contributed by atoms with van der Waals surface area (Å²) in [6.45, 7) is 1.96. The van der Waals surface area contributed by atoms with Crippen molar-refractivity contribution in [2.24, 2.45) is 0 Å². The molecule has 19 heavy (non-hydrogen) atoms. The van der Waals surface area contributed by atoms with Crippen molar-refractivity contribution in [1.82, 2.24) is 20.2 Å². The zero-order chi connectivity index (χ0) is 13.1. The van der Waals surface area contributed by atoms with E-state index in [0.29, 0.717) is 5.92 Å². The molecule has 0 amide bonds. The van der Waals surface area contributed by atoms with E-state index < -0.39 is 0 Å².